The van der Waals surface area contributed by atoms with E-state index in [0.29, 0.717) is 4.99 Å². The Kier molecular flexibility index (Phi) is 0.941. The maximum atomic E-state index is 10.1. The van der Waals surface area contributed by atoms with E-state index >= 15 is 0 Å². The van der Waals surface area contributed by atoms with Crippen LogP contribution in [0.3, 0.4) is 0 Å². The molecule has 0 bridgehead atoms. The fourth-order valence-electron chi connectivity index (χ4n) is 0.312. The average molecular weight is 114 g/mol. The molecule has 3 nitrogen and oxygen atoms in total. The number of amides is 1. The molecule has 0 saturated heterocycles. The maximum absolute atomic E-state index is 10.1. The number of azo groups is 1. The minimum atomic E-state index is -0.231. The highest BCUT2D eigenvalue weighted by Gasteiger charge is 2.09. The highest BCUT2D eigenvalue weighted by atomic mass is 32.1. The molecule has 0 aliphatic carbocycles. The zero-order valence-electron chi connectivity index (χ0n) is 3.42. The number of carbonyl (C=O) groups excluding carboxylic acids is 1. The SMILES string of the molecule is O=C1CC(=S)N=N1. The van der Waals surface area contributed by atoms with Crippen molar-refractivity contribution >= 4 is 23.1 Å². The molecule has 0 N–H and O–H groups in total. The standard InChI is InChI=1S/C3H2N2OS/c6-2-1-3(7)5-4-2/h1H2. The second-order valence-electron chi connectivity index (χ2n) is 1.16. The molecule has 0 fully saturated rings. The van der Waals surface area contributed by atoms with Crippen LogP contribution in [0.4, 0.5) is 0 Å². The molecule has 0 spiro atoms. The van der Waals surface area contributed by atoms with Crippen molar-refractivity contribution in [2.45, 2.75) is 6.42 Å². The Morgan fingerprint density at radius 2 is 2.29 bits per heavy atom. The molecule has 1 rings (SSSR count). The Morgan fingerprint density at radius 1 is 1.57 bits per heavy atom. The average Bonchev–Trinajstić information content (AvgIpc) is 1.87. The van der Waals surface area contributed by atoms with Gasteiger partial charge in [0.25, 0.3) is 5.91 Å². The van der Waals surface area contributed by atoms with Crippen LogP contribution in [0.15, 0.2) is 10.2 Å². The van der Waals surface area contributed by atoms with Gasteiger partial charge in [0, 0.05) is 0 Å². The predicted octanol–water partition coefficient (Wildman–Crippen LogP) is 0.696. The second kappa shape index (κ2) is 1.46. The van der Waals surface area contributed by atoms with Crippen LogP contribution in [-0.4, -0.2) is 10.9 Å². The van der Waals surface area contributed by atoms with Crippen LogP contribution in [0, 0.1) is 0 Å². The van der Waals surface area contributed by atoms with Crippen molar-refractivity contribution in [1.82, 2.24) is 0 Å². The van der Waals surface area contributed by atoms with E-state index in [2.05, 4.69) is 22.4 Å². The van der Waals surface area contributed by atoms with Gasteiger partial charge in [0.1, 0.15) is 4.99 Å². The smallest absolute Gasteiger partial charge is 0.270 e. The van der Waals surface area contributed by atoms with Gasteiger partial charge in [-0.15, -0.1) is 10.2 Å². The highest BCUT2D eigenvalue weighted by molar-refractivity contribution is 7.80. The van der Waals surface area contributed by atoms with Crippen molar-refractivity contribution in [1.29, 1.82) is 0 Å². The van der Waals surface area contributed by atoms with Gasteiger partial charge in [0.05, 0.1) is 6.42 Å². The molecule has 0 aromatic heterocycles. The van der Waals surface area contributed by atoms with Gasteiger partial charge in [0.15, 0.2) is 0 Å². The summed E-state index contributed by atoms with van der Waals surface area (Å²) in [4.78, 5) is 10.5. The van der Waals surface area contributed by atoms with E-state index in [0.717, 1.165) is 0 Å². The van der Waals surface area contributed by atoms with Gasteiger partial charge in [-0.05, 0) is 0 Å². The van der Waals surface area contributed by atoms with Crippen molar-refractivity contribution in [3.63, 3.8) is 0 Å². The van der Waals surface area contributed by atoms with Crippen LogP contribution >= 0.6 is 12.2 Å². The summed E-state index contributed by atoms with van der Waals surface area (Å²) in [7, 11) is 0. The van der Waals surface area contributed by atoms with Crippen molar-refractivity contribution in [3.05, 3.63) is 0 Å². The van der Waals surface area contributed by atoms with Crippen LogP contribution in [0.25, 0.3) is 0 Å². The topological polar surface area (TPSA) is 41.8 Å². The Balaban J connectivity index is 2.76. The van der Waals surface area contributed by atoms with Gasteiger partial charge in [-0.1, -0.05) is 12.2 Å². The molecular formula is C3H2N2OS. The zero-order chi connectivity index (χ0) is 5.28. The first-order valence-corrected chi connectivity index (χ1v) is 2.17. The Bertz CT molecular complexity index is 135. The third kappa shape index (κ3) is 0.866. The molecule has 36 valence electrons. The fourth-order valence-corrected chi connectivity index (χ4v) is 0.476. The summed E-state index contributed by atoms with van der Waals surface area (Å²) in [5.74, 6) is -0.231. The lowest BCUT2D eigenvalue weighted by Gasteiger charge is -1.69. The first-order chi connectivity index (χ1) is 3.29. The number of carbonyl (C=O) groups is 1. The third-order valence-corrected chi connectivity index (χ3v) is 0.802. The molecule has 1 aliphatic heterocycles. The van der Waals surface area contributed by atoms with E-state index in [1.807, 2.05) is 0 Å². The molecule has 4 heteroatoms. The molecule has 0 unspecified atom stereocenters. The van der Waals surface area contributed by atoms with Gasteiger partial charge in [-0.2, -0.15) is 0 Å². The number of thiocarbonyl (C=S) groups is 1. The molecular weight excluding hydrogens is 112 g/mol. The quantitative estimate of drug-likeness (QED) is 0.435. The highest BCUT2D eigenvalue weighted by Crippen LogP contribution is 2.01. The molecule has 1 aliphatic rings. The Hall–Kier alpha value is -0.640. The summed E-state index contributed by atoms with van der Waals surface area (Å²) in [6, 6.07) is 0. The number of nitrogens with zero attached hydrogens (tertiary/aromatic N) is 2. The van der Waals surface area contributed by atoms with E-state index < -0.39 is 0 Å². The molecule has 0 aromatic carbocycles. The Morgan fingerprint density at radius 3 is 2.43 bits per heavy atom. The summed E-state index contributed by atoms with van der Waals surface area (Å²) in [6.07, 6.45) is 0.231. The minimum absolute atomic E-state index is 0.231. The van der Waals surface area contributed by atoms with Crippen LogP contribution in [0.5, 0.6) is 0 Å². The lowest BCUT2D eigenvalue weighted by molar-refractivity contribution is -0.116. The monoisotopic (exact) mass is 114 g/mol. The number of hydrogen-bond donors (Lipinski definition) is 0. The van der Waals surface area contributed by atoms with Gasteiger partial charge in [-0.25, -0.2) is 0 Å². The summed E-state index contributed by atoms with van der Waals surface area (Å²) in [6.45, 7) is 0. The van der Waals surface area contributed by atoms with Crippen molar-refractivity contribution < 1.29 is 4.79 Å². The van der Waals surface area contributed by atoms with Crippen molar-refractivity contribution in [2.75, 3.05) is 0 Å². The van der Waals surface area contributed by atoms with Crippen LogP contribution in [-0.2, 0) is 4.79 Å². The van der Waals surface area contributed by atoms with E-state index in [9.17, 15) is 4.79 Å². The molecule has 1 heterocycles. The van der Waals surface area contributed by atoms with Gasteiger partial charge in [-0.3, -0.25) is 4.79 Å². The predicted molar refractivity (Wildman–Crippen MR) is 27.1 cm³/mol. The third-order valence-electron chi connectivity index (χ3n) is 0.576. The first-order valence-electron chi connectivity index (χ1n) is 1.76. The molecule has 0 radical (unpaired) electrons. The minimum Gasteiger partial charge on any atom is -0.270 e. The van der Waals surface area contributed by atoms with Crippen molar-refractivity contribution in [2.24, 2.45) is 10.2 Å². The largest absolute Gasteiger partial charge is 0.271 e. The van der Waals surface area contributed by atoms with Crippen LogP contribution in [0.1, 0.15) is 6.42 Å². The molecule has 7 heavy (non-hydrogen) atoms. The lowest BCUT2D eigenvalue weighted by atomic mass is 10.4. The molecule has 1 amide bonds. The number of rotatable bonds is 0. The summed E-state index contributed by atoms with van der Waals surface area (Å²) in [5, 5.41) is 6.49. The fraction of sp³-hybridized carbons (Fsp3) is 0.333. The molecule has 0 atom stereocenters. The molecule has 0 saturated carbocycles. The second-order valence-corrected chi connectivity index (χ2v) is 1.64. The van der Waals surface area contributed by atoms with E-state index in [1.54, 1.807) is 0 Å². The zero-order valence-corrected chi connectivity index (χ0v) is 4.23. The van der Waals surface area contributed by atoms with E-state index in [4.69, 9.17) is 0 Å². The summed E-state index contributed by atoms with van der Waals surface area (Å²) >= 11 is 4.51. The van der Waals surface area contributed by atoms with Gasteiger partial charge < -0.3 is 0 Å². The van der Waals surface area contributed by atoms with E-state index in [1.165, 1.54) is 0 Å². The van der Waals surface area contributed by atoms with Gasteiger partial charge in [0.2, 0.25) is 0 Å². The molecule has 0 aromatic rings. The number of hydrogen-bond acceptors (Lipinski definition) is 2. The van der Waals surface area contributed by atoms with Crippen LogP contribution in [0.2, 0.25) is 0 Å². The van der Waals surface area contributed by atoms with E-state index in [-0.39, 0.29) is 12.3 Å². The Labute approximate surface area is 45.4 Å². The normalized spacial score (nSPS) is 18.9. The first kappa shape index (κ1) is 4.52. The lowest BCUT2D eigenvalue weighted by Crippen LogP contribution is -1.88. The van der Waals surface area contributed by atoms with Crippen molar-refractivity contribution in [3.8, 4) is 0 Å². The van der Waals surface area contributed by atoms with Gasteiger partial charge >= 0.3 is 0 Å². The summed E-state index contributed by atoms with van der Waals surface area (Å²) < 4.78 is 0. The maximum Gasteiger partial charge on any atom is 0.271 e. The van der Waals surface area contributed by atoms with Crippen LogP contribution < -0.4 is 0 Å². The summed E-state index contributed by atoms with van der Waals surface area (Å²) in [5.41, 5.74) is 0.